The molecule has 0 heterocycles. The zero-order valence-electron chi connectivity index (χ0n) is 11.8. The molecule has 0 fully saturated rings. The van der Waals surface area contributed by atoms with Crippen molar-refractivity contribution in [3.8, 4) is 23.0 Å². The molecule has 1 N–H and O–H groups in total. The molecule has 2 aromatic rings. The van der Waals surface area contributed by atoms with Gasteiger partial charge in [-0.05, 0) is 41.1 Å². The van der Waals surface area contributed by atoms with Gasteiger partial charge >= 0.3 is 0 Å². The van der Waals surface area contributed by atoms with Crippen molar-refractivity contribution >= 4 is 23.4 Å². The standard InChI is InChI=1S/C17H12N2O2S/c1-21-15-8-12(9-16(17(15)20)22-11-19)7-14(10-18)13-5-3-2-4-6-13/h2-9,20H,1H3/b14-7-. The summed E-state index contributed by atoms with van der Waals surface area (Å²) in [6.45, 7) is 0. The van der Waals surface area contributed by atoms with E-state index in [0.717, 1.165) is 17.3 Å². The fraction of sp³-hybridized carbons (Fsp3) is 0.0588. The lowest BCUT2D eigenvalue weighted by Gasteiger charge is -2.08. The highest BCUT2D eigenvalue weighted by Crippen LogP contribution is 2.38. The summed E-state index contributed by atoms with van der Waals surface area (Å²) < 4.78 is 5.11. The first-order chi connectivity index (χ1) is 10.7. The number of methoxy groups -OCH3 is 1. The van der Waals surface area contributed by atoms with Crippen molar-refractivity contribution in [2.24, 2.45) is 0 Å². The Morgan fingerprint density at radius 1 is 1.23 bits per heavy atom. The van der Waals surface area contributed by atoms with E-state index in [4.69, 9.17) is 10.00 Å². The Kier molecular flexibility index (Phi) is 5.08. The summed E-state index contributed by atoms with van der Waals surface area (Å²) >= 11 is 0.839. The molecule has 5 heteroatoms. The third-order valence-corrected chi connectivity index (χ3v) is 3.58. The molecule has 0 atom stereocenters. The molecule has 0 radical (unpaired) electrons. The molecule has 0 unspecified atom stereocenters. The summed E-state index contributed by atoms with van der Waals surface area (Å²) in [6, 6.07) is 14.7. The largest absolute Gasteiger partial charge is 0.503 e. The number of rotatable bonds is 4. The highest BCUT2D eigenvalue weighted by atomic mass is 32.2. The normalized spacial score (nSPS) is 10.6. The molecule has 0 bridgehead atoms. The summed E-state index contributed by atoms with van der Waals surface area (Å²) in [7, 11) is 1.44. The van der Waals surface area contributed by atoms with Crippen LogP contribution in [-0.4, -0.2) is 12.2 Å². The number of allylic oxidation sites excluding steroid dienone is 1. The number of phenolic OH excluding ortho intramolecular Hbond substituents is 1. The van der Waals surface area contributed by atoms with Gasteiger partial charge in [-0.25, -0.2) is 0 Å². The molecule has 0 aliphatic rings. The summed E-state index contributed by atoms with van der Waals surface area (Å²) in [5.41, 5.74) is 1.96. The number of aromatic hydroxyl groups is 1. The van der Waals surface area contributed by atoms with Crippen LogP contribution in [0.15, 0.2) is 47.4 Å². The monoisotopic (exact) mass is 308 g/mol. The number of benzene rings is 2. The average Bonchev–Trinajstić information content (AvgIpc) is 2.56. The quantitative estimate of drug-likeness (QED) is 0.399. The molecule has 2 rings (SSSR count). The van der Waals surface area contributed by atoms with Gasteiger partial charge in [0.2, 0.25) is 0 Å². The Hall–Kier alpha value is -2.89. The smallest absolute Gasteiger partial charge is 0.172 e. The van der Waals surface area contributed by atoms with Crippen molar-refractivity contribution in [3.63, 3.8) is 0 Å². The predicted molar refractivity (Wildman–Crippen MR) is 86.1 cm³/mol. The second-order valence-corrected chi connectivity index (χ2v) is 5.13. The molecule has 4 nitrogen and oxygen atoms in total. The van der Waals surface area contributed by atoms with Crippen molar-refractivity contribution in [3.05, 3.63) is 53.6 Å². The van der Waals surface area contributed by atoms with Crippen molar-refractivity contribution in [2.45, 2.75) is 4.90 Å². The minimum Gasteiger partial charge on any atom is -0.503 e. The molecule has 0 spiro atoms. The van der Waals surface area contributed by atoms with Gasteiger partial charge in [-0.3, -0.25) is 0 Å². The predicted octanol–water partition coefficient (Wildman–Crippen LogP) is 4.04. The average molecular weight is 308 g/mol. The van der Waals surface area contributed by atoms with Crippen LogP contribution in [0.5, 0.6) is 11.5 Å². The Morgan fingerprint density at radius 3 is 2.55 bits per heavy atom. The molecule has 108 valence electrons. The summed E-state index contributed by atoms with van der Waals surface area (Å²) in [6.07, 6.45) is 1.69. The first-order valence-corrected chi connectivity index (χ1v) is 7.15. The van der Waals surface area contributed by atoms with Gasteiger partial charge in [0, 0.05) is 0 Å². The van der Waals surface area contributed by atoms with Crippen LogP contribution in [0.1, 0.15) is 11.1 Å². The van der Waals surface area contributed by atoms with Crippen LogP contribution in [0.2, 0.25) is 0 Å². The molecule has 22 heavy (non-hydrogen) atoms. The van der Waals surface area contributed by atoms with Crippen LogP contribution >= 0.6 is 11.8 Å². The van der Waals surface area contributed by atoms with E-state index < -0.39 is 0 Å². The number of hydrogen-bond acceptors (Lipinski definition) is 5. The van der Waals surface area contributed by atoms with E-state index in [0.29, 0.717) is 16.0 Å². The van der Waals surface area contributed by atoms with Gasteiger partial charge in [0.25, 0.3) is 0 Å². The SMILES string of the molecule is COc1cc(/C=C(/C#N)c2ccccc2)cc(SC#N)c1O. The first-order valence-electron chi connectivity index (χ1n) is 6.33. The van der Waals surface area contributed by atoms with Crippen LogP contribution in [0.25, 0.3) is 11.6 Å². The molecule has 0 amide bonds. The maximum absolute atomic E-state index is 9.97. The van der Waals surface area contributed by atoms with Crippen molar-refractivity contribution in [1.29, 1.82) is 10.5 Å². The molecular formula is C17H12N2O2S. The highest BCUT2D eigenvalue weighted by Gasteiger charge is 2.11. The lowest BCUT2D eigenvalue weighted by atomic mass is 10.0. The minimum atomic E-state index is -0.0792. The van der Waals surface area contributed by atoms with Crippen LogP contribution in [0.4, 0.5) is 0 Å². The molecule has 0 saturated carbocycles. The molecule has 2 aromatic carbocycles. The molecule has 0 aliphatic carbocycles. The number of hydrogen-bond donors (Lipinski definition) is 1. The van der Waals surface area contributed by atoms with Crippen LogP contribution in [-0.2, 0) is 0 Å². The van der Waals surface area contributed by atoms with Gasteiger partial charge in [-0.15, -0.1) is 0 Å². The van der Waals surface area contributed by atoms with Gasteiger partial charge in [0.15, 0.2) is 11.5 Å². The number of thioether (sulfide) groups is 1. The van der Waals surface area contributed by atoms with E-state index in [-0.39, 0.29) is 11.5 Å². The van der Waals surface area contributed by atoms with E-state index in [9.17, 15) is 10.4 Å². The Bertz CT molecular complexity index is 787. The second kappa shape index (κ2) is 7.21. The minimum absolute atomic E-state index is 0.0792. The van der Waals surface area contributed by atoms with E-state index in [2.05, 4.69) is 6.07 Å². The molecule has 0 aliphatic heterocycles. The van der Waals surface area contributed by atoms with Crippen molar-refractivity contribution < 1.29 is 9.84 Å². The van der Waals surface area contributed by atoms with E-state index >= 15 is 0 Å². The fourth-order valence-corrected chi connectivity index (χ4v) is 2.42. The summed E-state index contributed by atoms with van der Waals surface area (Å²) in [5, 5.41) is 30.0. The van der Waals surface area contributed by atoms with Gasteiger partial charge in [0.05, 0.1) is 23.6 Å². The van der Waals surface area contributed by atoms with Gasteiger partial charge in [-0.2, -0.15) is 10.5 Å². The Labute approximate surface area is 132 Å². The number of nitriles is 2. The van der Waals surface area contributed by atoms with Crippen molar-refractivity contribution in [1.82, 2.24) is 0 Å². The van der Waals surface area contributed by atoms with Gasteiger partial charge in [0.1, 0.15) is 5.40 Å². The third-order valence-electron chi connectivity index (χ3n) is 2.95. The van der Waals surface area contributed by atoms with Gasteiger partial charge < -0.3 is 9.84 Å². The number of phenols is 1. The van der Waals surface area contributed by atoms with Crippen LogP contribution in [0, 0.1) is 22.0 Å². The highest BCUT2D eigenvalue weighted by molar-refractivity contribution is 8.03. The van der Waals surface area contributed by atoms with E-state index in [1.165, 1.54) is 7.11 Å². The third kappa shape index (κ3) is 3.41. The second-order valence-electron chi connectivity index (χ2n) is 4.30. The Morgan fingerprint density at radius 2 is 1.95 bits per heavy atom. The molecule has 0 aromatic heterocycles. The summed E-state index contributed by atoms with van der Waals surface area (Å²) in [4.78, 5) is 0.387. The molecule has 0 saturated heterocycles. The number of nitrogens with zero attached hydrogens (tertiary/aromatic N) is 2. The lowest BCUT2D eigenvalue weighted by molar-refractivity contribution is 0.367. The zero-order valence-corrected chi connectivity index (χ0v) is 12.6. The molecular weight excluding hydrogens is 296 g/mol. The van der Waals surface area contributed by atoms with Crippen LogP contribution in [0.3, 0.4) is 0 Å². The summed E-state index contributed by atoms with van der Waals surface area (Å²) in [5.74, 6) is 0.182. The van der Waals surface area contributed by atoms with E-state index in [1.54, 1.807) is 18.2 Å². The van der Waals surface area contributed by atoms with Crippen LogP contribution < -0.4 is 4.74 Å². The number of ether oxygens (including phenoxy) is 1. The fourth-order valence-electron chi connectivity index (χ4n) is 1.93. The Balaban J connectivity index is 2.52. The maximum atomic E-state index is 9.97. The zero-order chi connectivity index (χ0) is 15.9. The van der Waals surface area contributed by atoms with Crippen molar-refractivity contribution in [2.75, 3.05) is 7.11 Å². The van der Waals surface area contributed by atoms with E-state index in [1.807, 2.05) is 35.7 Å². The maximum Gasteiger partial charge on any atom is 0.172 e. The van der Waals surface area contributed by atoms with Gasteiger partial charge in [-0.1, -0.05) is 30.3 Å². The first kappa shape index (κ1) is 15.5. The number of thiocyanates is 1. The lowest BCUT2D eigenvalue weighted by Crippen LogP contribution is -1.88. The topological polar surface area (TPSA) is 77.0 Å².